The van der Waals surface area contributed by atoms with Crippen LogP contribution in [0.1, 0.15) is 19.4 Å². The highest BCUT2D eigenvalue weighted by Crippen LogP contribution is 2.23. The number of aromatic nitrogens is 2. The molecule has 0 bridgehead atoms. The fourth-order valence-corrected chi connectivity index (χ4v) is 3.61. The molecule has 3 rings (SSSR count). The van der Waals surface area contributed by atoms with Crippen LogP contribution in [0.2, 0.25) is 5.02 Å². The predicted octanol–water partition coefficient (Wildman–Crippen LogP) is 3.48. The van der Waals surface area contributed by atoms with E-state index in [9.17, 15) is 0 Å². The third kappa shape index (κ3) is 6.35. The summed E-state index contributed by atoms with van der Waals surface area (Å²) >= 11 is 7.91. The lowest BCUT2D eigenvalue weighted by molar-refractivity contribution is 0.261. The predicted molar refractivity (Wildman–Crippen MR) is 126 cm³/mol. The first-order valence-electron chi connectivity index (χ1n) is 8.99. The van der Waals surface area contributed by atoms with Crippen molar-refractivity contribution in [1.82, 2.24) is 14.9 Å². The Morgan fingerprint density at radius 1 is 1.32 bits per heavy atom. The zero-order valence-corrected chi connectivity index (χ0v) is 19.9. The molecule has 0 aliphatic carbocycles. The van der Waals surface area contributed by atoms with Crippen LogP contribution in [0.5, 0.6) is 5.88 Å². The molecule has 154 valence electrons. The molecule has 0 aromatic carbocycles. The quantitative estimate of drug-likeness (QED) is 0.346. The average molecular weight is 537 g/mol. The number of piperazine rings is 1. The van der Waals surface area contributed by atoms with Crippen molar-refractivity contribution in [2.24, 2.45) is 16.6 Å². The number of pyridine rings is 1. The van der Waals surface area contributed by atoms with E-state index in [-0.39, 0.29) is 24.0 Å². The van der Waals surface area contributed by atoms with Crippen LogP contribution in [0, 0.1) is 5.92 Å². The topological polar surface area (TPSA) is 79.9 Å². The van der Waals surface area contributed by atoms with E-state index in [4.69, 9.17) is 22.1 Å². The van der Waals surface area contributed by atoms with Gasteiger partial charge in [-0.25, -0.2) is 15.0 Å². The lowest BCUT2D eigenvalue weighted by Gasteiger charge is -2.35. The Balaban J connectivity index is 0.00000280. The van der Waals surface area contributed by atoms with Gasteiger partial charge in [0.25, 0.3) is 0 Å². The molecule has 0 amide bonds. The summed E-state index contributed by atoms with van der Waals surface area (Å²) in [5.41, 5.74) is 7.08. The first-order chi connectivity index (χ1) is 13.0. The fraction of sp³-hybridized carbons (Fsp3) is 0.500. The third-order valence-electron chi connectivity index (χ3n) is 4.13. The Hall–Kier alpha value is -1.33. The second-order valence-corrected chi connectivity index (χ2v) is 8.08. The molecule has 10 heteroatoms. The number of ether oxygens (including phenoxy) is 1. The average Bonchev–Trinajstić information content (AvgIpc) is 3.20. The summed E-state index contributed by atoms with van der Waals surface area (Å²) in [6.45, 7) is 8.62. The van der Waals surface area contributed by atoms with Crippen LogP contribution in [0.25, 0.3) is 0 Å². The monoisotopic (exact) mass is 536 g/mol. The van der Waals surface area contributed by atoms with Crippen LogP contribution in [-0.2, 0) is 6.54 Å². The molecule has 0 unspecified atom stereocenters. The second-order valence-electron chi connectivity index (χ2n) is 6.80. The van der Waals surface area contributed by atoms with E-state index < -0.39 is 0 Å². The van der Waals surface area contributed by atoms with Crippen molar-refractivity contribution < 1.29 is 4.74 Å². The van der Waals surface area contributed by atoms with Gasteiger partial charge in [0.05, 0.1) is 13.2 Å². The number of rotatable bonds is 6. The van der Waals surface area contributed by atoms with E-state index in [2.05, 4.69) is 38.6 Å². The summed E-state index contributed by atoms with van der Waals surface area (Å²) in [4.78, 5) is 17.5. The smallest absolute Gasteiger partial charge is 0.232 e. The third-order valence-corrected chi connectivity index (χ3v) is 5.24. The minimum Gasteiger partial charge on any atom is -0.476 e. The number of aliphatic imine (C=N–C) groups is 1. The molecule has 1 aliphatic rings. The van der Waals surface area contributed by atoms with Crippen LogP contribution in [0.15, 0.2) is 28.8 Å². The Morgan fingerprint density at radius 2 is 2.07 bits per heavy atom. The van der Waals surface area contributed by atoms with Crippen molar-refractivity contribution in [3.63, 3.8) is 0 Å². The summed E-state index contributed by atoms with van der Waals surface area (Å²) in [5, 5.41) is 3.56. The summed E-state index contributed by atoms with van der Waals surface area (Å²) in [5.74, 6) is 1.43. The van der Waals surface area contributed by atoms with E-state index in [1.807, 2.05) is 17.6 Å². The lowest BCUT2D eigenvalue weighted by atomic mass is 10.2. The van der Waals surface area contributed by atoms with Crippen molar-refractivity contribution in [1.29, 1.82) is 0 Å². The standard InChI is InChI=1S/C18H25ClN6OS.HI/c1-13(2)12-26-16-15(19)9-14(10-22-16)11-23-17(20)24-4-6-25(7-5-24)18-21-3-8-27-18;/h3,8-10,13H,4-7,11-12H2,1-2H3,(H2,20,23);1H. The molecule has 0 spiro atoms. The zero-order chi connectivity index (χ0) is 19.2. The van der Waals surface area contributed by atoms with Gasteiger partial charge in [-0.2, -0.15) is 0 Å². The highest BCUT2D eigenvalue weighted by atomic mass is 127. The Bertz CT molecular complexity index is 765. The molecular formula is C18H26ClIN6OS. The van der Waals surface area contributed by atoms with Crippen molar-refractivity contribution in [2.45, 2.75) is 20.4 Å². The first kappa shape index (κ1) is 23.0. The van der Waals surface area contributed by atoms with E-state index in [1.54, 1.807) is 17.5 Å². The maximum Gasteiger partial charge on any atom is 0.232 e. The summed E-state index contributed by atoms with van der Waals surface area (Å²) in [6, 6.07) is 1.83. The number of hydrogen-bond donors (Lipinski definition) is 1. The van der Waals surface area contributed by atoms with Crippen molar-refractivity contribution >= 4 is 58.0 Å². The maximum atomic E-state index is 6.25. The van der Waals surface area contributed by atoms with Gasteiger partial charge in [-0.1, -0.05) is 25.4 Å². The number of thiazole rings is 1. The maximum absolute atomic E-state index is 6.25. The normalized spacial score (nSPS) is 14.9. The molecule has 2 aromatic heterocycles. The van der Waals surface area contributed by atoms with Gasteiger partial charge < -0.3 is 20.3 Å². The summed E-state index contributed by atoms with van der Waals surface area (Å²) < 4.78 is 5.59. The number of nitrogens with two attached hydrogens (primary N) is 1. The van der Waals surface area contributed by atoms with E-state index in [0.717, 1.165) is 36.9 Å². The van der Waals surface area contributed by atoms with Crippen LogP contribution in [0.3, 0.4) is 0 Å². The van der Waals surface area contributed by atoms with Crippen molar-refractivity contribution in [3.05, 3.63) is 34.4 Å². The van der Waals surface area contributed by atoms with Crippen LogP contribution < -0.4 is 15.4 Å². The van der Waals surface area contributed by atoms with Crippen molar-refractivity contribution in [3.8, 4) is 5.88 Å². The van der Waals surface area contributed by atoms with Crippen LogP contribution in [0.4, 0.5) is 5.13 Å². The molecule has 0 radical (unpaired) electrons. The molecule has 7 nitrogen and oxygen atoms in total. The molecular weight excluding hydrogens is 511 g/mol. The van der Waals surface area contributed by atoms with Gasteiger partial charge in [0, 0.05) is 44.0 Å². The van der Waals surface area contributed by atoms with Crippen LogP contribution >= 0.6 is 46.9 Å². The highest BCUT2D eigenvalue weighted by Gasteiger charge is 2.19. The zero-order valence-electron chi connectivity index (χ0n) is 16.0. The fourth-order valence-electron chi connectivity index (χ4n) is 2.67. The van der Waals surface area contributed by atoms with Gasteiger partial charge in [0.2, 0.25) is 5.88 Å². The summed E-state index contributed by atoms with van der Waals surface area (Å²) in [6.07, 6.45) is 3.57. The van der Waals surface area contributed by atoms with Gasteiger partial charge in [-0.05, 0) is 17.5 Å². The number of guanidine groups is 1. The lowest BCUT2D eigenvalue weighted by Crippen LogP contribution is -2.51. The molecule has 1 fully saturated rings. The van der Waals surface area contributed by atoms with Gasteiger partial charge in [-0.3, -0.25) is 0 Å². The number of hydrogen-bond acceptors (Lipinski definition) is 6. The molecule has 1 aliphatic heterocycles. The van der Waals surface area contributed by atoms with E-state index in [0.29, 0.717) is 35.9 Å². The minimum atomic E-state index is 0. The Morgan fingerprint density at radius 3 is 2.68 bits per heavy atom. The largest absolute Gasteiger partial charge is 0.476 e. The second kappa shape index (κ2) is 11.0. The SMILES string of the molecule is CC(C)COc1ncc(CN=C(N)N2CCN(c3nccs3)CC2)cc1Cl.I. The molecule has 1 saturated heterocycles. The minimum absolute atomic E-state index is 0. The molecule has 2 N–H and O–H groups in total. The van der Waals surface area contributed by atoms with E-state index >= 15 is 0 Å². The first-order valence-corrected chi connectivity index (χ1v) is 10.2. The molecule has 0 saturated carbocycles. The molecule has 2 aromatic rings. The van der Waals surface area contributed by atoms with Gasteiger partial charge >= 0.3 is 0 Å². The number of nitrogens with zero attached hydrogens (tertiary/aromatic N) is 5. The van der Waals surface area contributed by atoms with Gasteiger partial charge in [-0.15, -0.1) is 35.3 Å². The highest BCUT2D eigenvalue weighted by molar-refractivity contribution is 14.0. The molecule has 3 heterocycles. The Labute approximate surface area is 192 Å². The molecule has 28 heavy (non-hydrogen) atoms. The van der Waals surface area contributed by atoms with Crippen LogP contribution in [-0.4, -0.2) is 53.6 Å². The molecule has 0 atom stereocenters. The summed E-state index contributed by atoms with van der Waals surface area (Å²) in [7, 11) is 0. The Kier molecular flexibility index (Phi) is 9.03. The number of halogens is 2. The van der Waals surface area contributed by atoms with Crippen molar-refractivity contribution in [2.75, 3.05) is 37.7 Å². The van der Waals surface area contributed by atoms with Gasteiger partial charge in [0.1, 0.15) is 5.02 Å². The van der Waals surface area contributed by atoms with Gasteiger partial charge in [0.15, 0.2) is 11.1 Å². The van der Waals surface area contributed by atoms with E-state index in [1.165, 1.54) is 0 Å². The number of anilines is 1.